The summed E-state index contributed by atoms with van der Waals surface area (Å²) < 4.78 is 24.7. The number of carbonyl (C=O) groups is 1. The van der Waals surface area contributed by atoms with E-state index in [9.17, 15) is 18.3 Å². The maximum atomic E-state index is 12.4. The predicted octanol–water partition coefficient (Wildman–Crippen LogP) is 2.97. The van der Waals surface area contributed by atoms with Crippen LogP contribution in [0.5, 0.6) is 0 Å². The summed E-state index contributed by atoms with van der Waals surface area (Å²) in [7, 11) is -3.26. The molecule has 1 aliphatic rings. The molecule has 6 heteroatoms. The zero-order chi connectivity index (χ0) is 19.3. The van der Waals surface area contributed by atoms with E-state index in [0.29, 0.717) is 43.8 Å². The van der Waals surface area contributed by atoms with Gasteiger partial charge in [-0.3, -0.25) is 4.79 Å². The minimum atomic E-state index is -3.26. The van der Waals surface area contributed by atoms with Crippen LogP contribution in [0.2, 0.25) is 0 Å². The van der Waals surface area contributed by atoms with Gasteiger partial charge in [0.25, 0.3) is 0 Å². The molecule has 5 nitrogen and oxygen atoms in total. The normalized spacial score (nSPS) is 17.5. The molecule has 0 spiro atoms. The van der Waals surface area contributed by atoms with Gasteiger partial charge in [-0.25, -0.2) is 8.42 Å². The Morgan fingerprint density at radius 2 is 1.52 bits per heavy atom. The molecule has 0 bridgehead atoms. The number of aliphatic carboxylic acids is 1. The number of rotatable bonds is 7. The van der Waals surface area contributed by atoms with E-state index in [1.165, 1.54) is 0 Å². The lowest BCUT2D eigenvalue weighted by molar-refractivity contribution is -0.146. The second-order valence-corrected chi connectivity index (χ2v) is 9.19. The summed E-state index contributed by atoms with van der Waals surface area (Å²) in [5.74, 6) is -0.670. The molecule has 1 fully saturated rings. The van der Waals surface area contributed by atoms with Gasteiger partial charge in [0.15, 0.2) is 9.84 Å². The van der Waals surface area contributed by atoms with Crippen molar-refractivity contribution in [1.82, 2.24) is 4.90 Å². The molecule has 0 aromatic heterocycles. The smallest absolute Gasteiger partial charge is 0.314 e. The number of piperidine rings is 1. The van der Waals surface area contributed by atoms with E-state index >= 15 is 0 Å². The summed E-state index contributed by atoms with van der Waals surface area (Å²) in [5, 5.41) is 9.84. The number of carboxylic acids is 1. The molecule has 1 heterocycles. The summed E-state index contributed by atoms with van der Waals surface area (Å²) in [6.07, 6.45) is 1.62. The number of sulfone groups is 1. The maximum Gasteiger partial charge on any atom is 0.314 e. The Labute approximate surface area is 160 Å². The molecule has 3 rings (SSSR count). The summed E-state index contributed by atoms with van der Waals surface area (Å²) in [6.45, 7) is 1.98. The third kappa shape index (κ3) is 4.39. The lowest BCUT2D eigenvalue weighted by Gasteiger charge is -2.39. The second-order valence-electron chi connectivity index (χ2n) is 7.08. The third-order valence-corrected chi connectivity index (χ3v) is 7.25. The van der Waals surface area contributed by atoms with Gasteiger partial charge < -0.3 is 10.0 Å². The van der Waals surface area contributed by atoms with Crippen LogP contribution in [0.3, 0.4) is 0 Å². The Morgan fingerprint density at radius 1 is 0.963 bits per heavy atom. The Balaban J connectivity index is 1.56. The predicted molar refractivity (Wildman–Crippen MR) is 105 cm³/mol. The average molecular weight is 388 g/mol. The van der Waals surface area contributed by atoms with Gasteiger partial charge in [0.2, 0.25) is 0 Å². The lowest BCUT2D eigenvalue weighted by atomic mass is 9.73. The molecular formula is C21H25NO4S. The summed E-state index contributed by atoms with van der Waals surface area (Å²) in [6, 6.07) is 17.9. The minimum absolute atomic E-state index is 0.107. The first-order valence-electron chi connectivity index (χ1n) is 9.23. The number of carboxylic acid groups (broad SMARTS) is 1. The molecule has 27 heavy (non-hydrogen) atoms. The number of hydrogen-bond donors (Lipinski definition) is 1. The van der Waals surface area contributed by atoms with E-state index < -0.39 is 21.2 Å². The highest BCUT2D eigenvalue weighted by Gasteiger charge is 2.42. The van der Waals surface area contributed by atoms with Crippen molar-refractivity contribution in [2.45, 2.75) is 29.6 Å². The fourth-order valence-corrected chi connectivity index (χ4v) is 5.08. The van der Waals surface area contributed by atoms with Crippen LogP contribution in [0.25, 0.3) is 0 Å². The highest BCUT2D eigenvalue weighted by molar-refractivity contribution is 7.91. The standard InChI is InChI=1S/C21H25NO4S/c23-20(24)21(18-8-3-1-4-9-18)12-15-22(16-13-21)14-7-17-27(25,26)19-10-5-2-6-11-19/h1-6,8-11H,7,12-17H2,(H,23,24). The molecule has 1 saturated heterocycles. The van der Waals surface area contributed by atoms with Crippen molar-refractivity contribution in [3.63, 3.8) is 0 Å². The monoisotopic (exact) mass is 387 g/mol. The van der Waals surface area contributed by atoms with Crippen LogP contribution in [-0.4, -0.2) is 49.8 Å². The first kappa shape index (κ1) is 19.6. The van der Waals surface area contributed by atoms with Crippen LogP contribution >= 0.6 is 0 Å². The molecule has 0 amide bonds. The van der Waals surface area contributed by atoms with Gasteiger partial charge in [-0.1, -0.05) is 48.5 Å². The Bertz CT molecular complexity index is 858. The van der Waals surface area contributed by atoms with E-state index in [1.54, 1.807) is 30.3 Å². The van der Waals surface area contributed by atoms with Crippen molar-refractivity contribution in [2.24, 2.45) is 0 Å². The molecule has 0 aliphatic carbocycles. The highest BCUT2D eigenvalue weighted by atomic mass is 32.2. The molecule has 2 aromatic rings. The van der Waals surface area contributed by atoms with E-state index in [-0.39, 0.29) is 5.75 Å². The third-order valence-electron chi connectivity index (χ3n) is 5.44. The SMILES string of the molecule is O=C(O)C1(c2ccccc2)CCN(CCCS(=O)(=O)c2ccccc2)CC1. The number of hydrogen-bond acceptors (Lipinski definition) is 4. The fraction of sp³-hybridized carbons (Fsp3) is 0.381. The van der Waals surface area contributed by atoms with Gasteiger partial charge in [0, 0.05) is 0 Å². The van der Waals surface area contributed by atoms with Crippen molar-refractivity contribution in [3.8, 4) is 0 Å². The number of likely N-dealkylation sites (tertiary alicyclic amines) is 1. The molecule has 0 atom stereocenters. The zero-order valence-corrected chi connectivity index (χ0v) is 16.1. The van der Waals surface area contributed by atoms with Gasteiger partial charge in [0.1, 0.15) is 0 Å². The van der Waals surface area contributed by atoms with Gasteiger partial charge >= 0.3 is 5.97 Å². The van der Waals surface area contributed by atoms with Crippen molar-refractivity contribution in [1.29, 1.82) is 0 Å². The van der Waals surface area contributed by atoms with Crippen LogP contribution in [0.4, 0.5) is 0 Å². The van der Waals surface area contributed by atoms with Crippen molar-refractivity contribution < 1.29 is 18.3 Å². The molecule has 2 aromatic carbocycles. The molecule has 1 N–H and O–H groups in total. The molecule has 1 aliphatic heterocycles. The molecule has 0 radical (unpaired) electrons. The Kier molecular flexibility index (Phi) is 5.97. The first-order chi connectivity index (χ1) is 12.9. The van der Waals surface area contributed by atoms with Crippen LogP contribution in [-0.2, 0) is 20.0 Å². The average Bonchev–Trinajstić information content (AvgIpc) is 2.70. The van der Waals surface area contributed by atoms with Gasteiger partial charge in [-0.2, -0.15) is 0 Å². The van der Waals surface area contributed by atoms with E-state index in [4.69, 9.17) is 0 Å². The lowest BCUT2D eigenvalue weighted by Crippen LogP contribution is -2.47. The van der Waals surface area contributed by atoms with Gasteiger partial charge in [0.05, 0.1) is 16.1 Å². The topological polar surface area (TPSA) is 74.7 Å². The largest absolute Gasteiger partial charge is 0.481 e. The highest BCUT2D eigenvalue weighted by Crippen LogP contribution is 2.35. The quantitative estimate of drug-likeness (QED) is 0.791. The van der Waals surface area contributed by atoms with Crippen molar-refractivity contribution >= 4 is 15.8 Å². The van der Waals surface area contributed by atoms with Crippen LogP contribution in [0.15, 0.2) is 65.6 Å². The summed E-state index contributed by atoms with van der Waals surface area (Å²) in [5.41, 5.74) is 0.0113. The van der Waals surface area contributed by atoms with Crippen LogP contribution in [0.1, 0.15) is 24.8 Å². The van der Waals surface area contributed by atoms with Crippen LogP contribution in [0, 0.1) is 0 Å². The Morgan fingerprint density at radius 3 is 2.07 bits per heavy atom. The van der Waals surface area contributed by atoms with Crippen LogP contribution < -0.4 is 0 Å². The summed E-state index contributed by atoms with van der Waals surface area (Å²) in [4.78, 5) is 14.5. The van der Waals surface area contributed by atoms with Crippen molar-refractivity contribution in [2.75, 3.05) is 25.4 Å². The molecule has 0 saturated carbocycles. The second kappa shape index (κ2) is 8.23. The fourth-order valence-electron chi connectivity index (χ4n) is 3.77. The summed E-state index contributed by atoms with van der Waals surface area (Å²) >= 11 is 0. The number of benzene rings is 2. The van der Waals surface area contributed by atoms with E-state index in [0.717, 1.165) is 5.56 Å². The minimum Gasteiger partial charge on any atom is -0.481 e. The zero-order valence-electron chi connectivity index (χ0n) is 15.3. The maximum absolute atomic E-state index is 12.4. The van der Waals surface area contributed by atoms with Crippen molar-refractivity contribution in [3.05, 3.63) is 66.2 Å². The van der Waals surface area contributed by atoms with E-state index in [2.05, 4.69) is 4.90 Å². The molecule has 0 unspecified atom stereocenters. The van der Waals surface area contributed by atoms with Gasteiger partial charge in [-0.15, -0.1) is 0 Å². The Hall–Kier alpha value is -2.18. The molecule has 144 valence electrons. The van der Waals surface area contributed by atoms with E-state index in [1.807, 2.05) is 30.3 Å². The first-order valence-corrected chi connectivity index (χ1v) is 10.9. The molecular weight excluding hydrogens is 362 g/mol. The van der Waals surface area contributed by atoms with Gasteiger partial charge in [-0.05, 0) is 56.6 Å². The number of nitrogens with zero attached hydrogens (tertiary/aromatic N) is 1.